The molecule has 1 aromatic carbocycles. The Morgan fingerprint density at radius 2 is 2.22 bits per heavy atom. The second kappa shape index (κ2) is 7.61. The van der Waals surface area contributed by atoms with E-state index in [2.05, 4.69) is 10.1 Å². The summed E-state index contributed by atoms with van der Waals surface area (Å²) < 4.78 is 29.2. The maximum atomic E-state index is 13.6. The maximum Gasteiger partial charge on any atom is 0.264 e. The van der Waals surface area contributed by atoms with Gasteiger partial charge in [0.25, 0.3) is 11.8 Å². The van der Waals surface area contributed by atoms with Crippen LogP contribution in [0.4, 0.5) is 4.39 Å². The van der Waals surface area contributed by atoms with Gasteiger partial charge >= 0.3 is 0 Å². The van der Waals surface area contributed by atoms with Crippen LogP contribution in [0.3, 0.4) is 0 Å². The summed E-state index contributed by atoms with van der Waals surface area (Å²) in [6, 6.07) is 7.78. The third-order valence-corrected chi connectivity index (χ3v) is 4.51. The first kappa shape index (κ1) is 17.3. The smallest absolute Gasteiger partial charge is 0.264 e. The van der Waals surface area contributed by atoms with E-state index in [0.717, 1.165) is 12.8 Å². The zero-order valence-corrected chi connectivity index (χ0v) is 14.5. The number of carbonyl (C=O) groups excluding carboxylic acids is 1. The number of hydrogen-bond acceptors (Lipinski definition) is 6. The number of benzene rings is 1. The summed E-state index contributed by atoms with van der Waals surface area (Å²) in [4.78, 5) is 18.6. The molecule has 3 aromatic rings. The van der Waals surface area contributed by atoms with Crippen LogP contribution >= 0.6 is 0 Å². The molecule has 7 nitrogen and oxygen atoms in total. The normalized spacial score (nSPS) is 17.1. The topological polar surface area (TPSA) is 81.6 Å². The Morgan fingerprint density at radius 3 is 3.04 bits per heavy atom. The van der Waals surface area contributed by atoms with Crippen LogP contribution in [-0.2, 0) is 6.61 Å². The van der Waals surface area contributed by atoms with Crippen molar-refractivity contribution in [2.45, 2.75) is 25.4 Å². The first-order chi connectivity index (χ1) is 13.2. The van der Waals surface area contributed by atoms with Crippen molar-refractivity contribution in [1.29, 1.82) is 0 Å². The van der Waals surface area contributed by atoms with Crippen LogP contribution in [0.15, 0.2) is 51.8 Å². The molecule has 1 aliphatic rings. The fraction of sp³-hybridized carbons (Fsp3) is 0.316. The molecule has 0 radical (unpaired) electrons. The van der Waals surface area contributed by atoms with Crippen molar-refractivity contribution in [3.05, 3.63) is 66.0 Å². The molecule has 2 aromatic heterocycles. The van der Waals surface area contributed by atoms with Crippen LogP contribution in [0.5, 0.6) is 5.75 Å². The lowest BCUT2D eigenvalue weighted by molar-refractivity contribution is 0.0703. The van der Waals surface area contributed by atoms with Crippen molar-refractivity contribution in [2.24, 2.45) is 0 Å². The number of piperidine rings is 1. The lowest BCUT2D eigenvalue weighted by Crippen LogP contribution is -2.39. The van der Waals surface area contributed by atoms with Gasteiger partial charge in [-0.25, -0.2) is 4.39 Å². The van der Waals surface area contributed by atoms with Crippen molar-refractivity contribution in [2.75, 3.05) is 13.1 Å². The number of halogens is 1. The quantitative estimate of drug-likeness (QED) is 0.684. The molecule has 1 fully saturated rings. The Bertz CT molecular complexity index is 909. The molecule has 4 rings (SSSR count). The van der Waals surface area contributed by atoms with Gasteiger partial charge in [-0.05, 0) is 31.0 Å². The Balaban J connectivity index is 1.39. The number of aromatic nitrogens is 2. The van der Waals surface area contributed by atoms with Crippen LogP contribution in [0.2, 0.25) is 0 Å². The summed E-state index contributed by atoms with van der Waals surface area (Å²) in [6.07, 6.45) is 4.64. The van der Waals surface area contributed by atoms with Crippen LogP contribution in [0.1, 0.15) is 40.8 Å². The third-order valence-electron chi connectivity index (χ3n) is 4.51. The van der Waals surface area contributed by atoms with Gasteiger partial charge in [-0.2, -0.15) is 4.98 Å². The molecule has 27 heavy (non-hydrogen) atoms. The predicted molar refractivity (Wildman–Crippen MR) is 91.6 cm³/mol. The molecule has 1 aliphatic heterocycles. The van der Waals surface area contributed by atoms with Crippen LogP contribution in [0, 0.1) is 5.82 Å². The number of furan rings is 1. The van der Waals surface area contributed by atoms with Crippen molar-refractivity contribution in [3.8, 4) is 5.75 Å². The Kier molecular flexibility index (Phi) is 4.86. The van der Waals surface area contributed by atoms with E-state index in [1.165, 1.54) is 24.7 Å². The van der Waals surface area contributed by atoms with E-state index in [1.54, 1.807) is 23.1 Å². The average Bonchev–Trinajstić information content (AvgIpc) is 3.39. The fourth-order valence-electron chi connectivity index (χ4n) is 3.13. The van der Waals surface area contributed by atoms with Gasteiger partial charge in [0, 0.05) is 19.0 Å². The van der Waals surface area contributed by atoms with Crippen LogP contribution in [-0.4, -0.2) is 34.0 Å². The van der Waals surface area contributed by atoms with E-state index in [0.29, 0.717) is 24.5 Å². The summed E-state index contributed by atoms with van der Waals surface area (Å²) in [5, 5.41) is 4.01. The third kappa shape index (κ3) is 3.84. The molecular formula is C19H18FN3O4. The molecule has 0 spiro atoms. The molecule has 1 saturated heterocycles. The van der Waals surface area contributed by atoms with E-state index in [-0.39, 0.29) is 30.1 Å². The zero-order valence-electron chi connectivity index (χ0n) is 14.5. The zero-order chi connectivity index (χ0) is 18.6. The minimum Gasteiger partial charge on any atom is -0.481 e. The van der Waals surface area contributed by atoms with Gasteiger partial charge < -0.3 is 18.6 Å². The fourth-order valence-corrected chi connectivity index (χ4v) is 3.13. The van der Waals surface area contributed by atoms with Crippen LogP contribution in [0.25, 0.3) is 0 Å². The predicted octanol–water partition coefficient (Wildman–Crippen LogP) is 3.40. The van der Waals surface area contributed by atoms with Gasteiger partial charge in [0.2, 0.25) is 0 Å². The van der Waals surface area contributed by atoms with Gasteiger partial charge in [0.1, 0.15) is 6.26 Å². The standard InChI is InChI=1S/C19H18FN3O4/c20-15-5-1-2-6-16(15)26-12-17-21-18(22-27-17)13-4-3-8-23(10-13)19(24)14-7-9-25-11-14/h1-2,5-7,9,11,13H,3-4,8,10,12H2. The lowest BCUT2D eigenvalue weighted by atomic mass is 9.97. The molecule has 140 valence electrons. The van der Waals surface area contributed by atoms with Crippen molar-refractivity contribution >= 4 is 5.91 Å². The second-order valence-corrected chi connectivity index (χ2v) is 6.37. The second-order valence-electron chi connectivity index (χ2n) is 6.37. The number of nitrogens with zero attached hydrogens (tertiary/aromatic N) is 3. The first-order valence-electron chi connectivity index (χ1n) is 8.72. The summed E-state index contributed by atoms with van der Waals surface area (Å²) in [5.74, 6) is 0.406. The SMILES string of the molecule is O=C(c1ccoc1)N1CCCC(c2noc(COc3ccccc3F)n2)C1. The first-order valence-corrected chi connectivity index (χ1v) is 8.72. The number of likely N-dealkylation sites (tertiary alicyclic amines) is 1. The molecule has 1 amide bonds. The highest BCUT2D eigenvalue weighted by Crippen LogP contribution is 2.26. The summed E-state index contributed by atoms with van der Waals surface area (Å²) in [7, 11) is 0. The van der Waals surface area contributed by atoms with E-state index < -0.39 is 5.82 Å². The number of ether oxygens (including phenoxy) is 1. The van der Waals surface area contributed by atoms with E-state index in [4.69, 9.17) is 13.7 Å². The molecule has 8 heteroatoms. The maximum absolute atomic E-state index is 13.6. The number of amides is 1. The molecular weight excluding hydrogens is 353 g/mol. The number of para-hydroxylation sites is 1. The van der Waals surface area contributed by atoms with Crippen molar-refractivity contribution in [1.82, 2.24) is 15.0 Å². The monoisotopic (exact) mass is 371 g/mol. The molecule has 3 heterocycles. The Hall–Kier alpha value is -3.16. The number of rotatable bonds is 5. The van der Waals surface area contributed by atoms with Crippen molar-refractivity contribution in [3.63, 3.8) is 0 Å². The molecule has 0 bridgehead atoms. The van der Waals surface area contributed by atoms with Gasteiger partial charge in [0.15, 0.2) is 24.0 Å². The minimum absolute atomic E-state index is 0.0134. The van der Waals surface area contributed by atoms with E-state index >= 15 is 0 Å². The summed E-state index contributed by atoms with van der Waals surface area (Å²) >= 11 is 0. The highest BCUT2D eigenvalue weighted by atomic mass is 19.1. The molecule has 0 saturated carbocycles. The number of hydrogen-bond donors (Lipinski definition) is 0. The van der Waals surface area contributed by atoms with Crippen molar-refractivity contribution < 1.29 is 22.9 Å². The lowest BCUT2D eigenvalue weighted by Gasteiger charge is -2.30. The average molecular weight is 371 g/mol. The van der Waals surface area contributed by atoms with Gasteiger partial charge in [-0.1, -0.05) is 17.3 Å². The Labute approximate surface area is 154 Å². The van der Waals surface area contributed by atoms with Gasteiger partial charge in [-0.15, -0.1) is 0 Å². The molecule has 1 atom stereocenters. The van der Waals surface area contributed by atoms with Crippen LogP contribution < -0.4 is 4.74 Å². The Morgan fingerprint density at radius 1 is 1.33 bits per heavy atom. The molecule has 1 unspecified atom stereocenters. The van der Waals surface area contributed by atoms with E-state index in [9.17, 15) is 9.18 Å². The highest BCUT2D eigenvalue weighted by molar-refractivity contribution is 5.93. The highest BCUT2D eigenvalue weighted by Gasteiger charge is 2.29. The largest absolute Gasteiger partial charge is 0.481 e. The summed E-state index contributed by atoms with van der Waals surface area (Å²) in [5.41, 5.74) is 0.530. The van der Waals surface area contributed by atoms with Gasteiger partial charge in [-0.3, -0.25) is 4.79 Å². The number of carbonyl (C=O) groups is 1. The molecule has 0 aliphatic carbocycles. The minimum atomic E-state index is -0.446. The summed E-state index contributed by atoms with van der Waals surface area (Å²) in [6.45, 7) is 1.18. The van der Waals surface area contributed by atoms with E-state index in [1.807, 2.05) is 0 Å². The van der Waals surface area contributed by atoms with Gasteiger partial charge in [0.05, 0.1) is 11.8 Å². The molecule has 0 N–H and O–H groups in total.